The normalized spacial score (nSPS) is 18.2. The van der Waals surface area contributed by atoms with Gasteiger partial charge in [0.15, 0.2) is 5.84 Å². The summed E-state index contributed by atoms with van der Waals surface area (Å²) in [5.74, 6) is 0.0769. The zero-order chi connectivity index (χ0) is 15.2. The zero-order valence-electron chi connectivity index (χ0n) is 11.8. The van der Waals surface area contributed by atoms with E-state index in [9.17, 15) is 4.79 Å². The van der Waals surface area contributed by atoms with Gasteiger partial charge < -0.3 is 16.3 Å². The van der Waals surface area contributed by atoms with Gasteiger partial charge in [0.1, 0.15) is 0 Å². The molecule has 0 saturated heterocycles. The van der Waals surface area contributed by atoms with Crippen molar-refractivity contribution < 1.29 is 10.0 Å². The molecule has 0 aromatic heterocycles. The van der Waals surface area contributed by atoms with Crippen molar-refractivity contribution in [3.63, 3.8) is 0 Å². The molecule has 1 unspecified atom stereocenters. The minimum atomic E-state index is -0.421. The Kier molecular flexibility index (Phi) is 5.61. The molecule has 1 aliphatic carbocycles. The number of oxime groups is 1. The maximum atomic E-state index is 12.4. The third kappa shape index (κ3) is 3.97. The Morgan fingerprint density at radius 1 is 1.33 bits per heavy atom. The van der Waals surface area contributed by atoms with Crippen LogP contribution in [0.1, 0.15) is 42.5 Å². The van der Waals surface area contributed by atoms with Crippen LogP contribution in [0.5, 0.6) is 0 Å². The van der Waals surface area contributed by atoms with Gasteiger partial charge in [-0.1, -0.05) is 36.6 Å². The van der Waals surface area contributed by atoms with Crippen LogP contribution in [0.4, 0.5) is 0 Å². The van der Waals surface area contributed by atoms with Crippen LogP contribution in [-0.2, 0) is 0 Å². The summed E-state index contributed by atoms with van der Waals surface area (Å²) in [7, 11) is 0. The van der Waals surface area contributed by atoms with E-state index < -0.39 is 6.04 Å². The number of rotatable bonds is 4. The summed E-state index contributed by atoms with van der Waals surface area (Å²) in [6.07, 6.45) is 5.40. The number of amidine groups is 1. The number of carbonyl (C=O) groups excluding carboxylic acids is 1. The fourth-order valence-electron chi connectivity index (χ4n) is 2.83. The van der Waals surface area contributed by atoms with Crippen LogP contribution in [0.2, 0.25) is 0 Å². The van der Waals surface area contributed by atoms with Gasteiger partial charge in [-0.05, 0) is 46.8 Å². The second kappa shape index (κ2) is 7.45. The average molecular weight is 354 g/mol. The molecule has 0 radical (unpaired) electrons. The quantitative estimate of drug-likeness (QED) is 0.336. The summed E-state index contributed by atoms with van der Waals surface area (Å²) in [4.78, 5) is 12.4. The number of carbonyl (C=O) groups is 1. The molecule has 114 valence electrons. The highest BCUT2D eigenvalue weighted by Crippen LogP contribution is 2.27. The Morgan fingerprint density at radius 3 is 2.62 bits per heavy atom. The van der Waals surface area contributed by atoms with Gasteiger partial charge in [0.2, 0.25) is 0 Å². The summed E-state index contributed by atoms with van der Waals surface area (Å²) < 4.78 is 0.726. The lowest BCUT2D eigenvalue weighted by Crippen LogP contribution is -2.49. The monoisotopic (exact) mass is 353 g/mol. The minimum absolute atomic E-state index is 0.0716. The molecule has 1 aromatic carbocycles. The lowest BCUT2D eigenvalue weighted by Gasteiger charge is -2.30. The Labute approximate surface area is 132 Å². The van der Waals surface area contributed by atoms with Gasteiger partial charge in [-0.25, -0.2) is 0 Å². The number of nitrogens with two attached hydrogens (primary N) is 1. The van der Waals surface area contributed by atoms with E-state index in [1.54, 1.807) is 12.1 Å². The number of nitrogens with one attached hydrogen (secondary N) is 1. The molecule has 1 aliphatic rings. The van der Waals surface area contributed by atoms with Crippen LogP contribution < -0.4 is 11.1 Å². The molecule has 1 atom stereocenters. The molecule has 21 heavy (non-hydrogen) atoms. The number of hydrogen-bond acceptors (Lipinski definition) is 3. The van der Waals surface area contributed by atoms with E-state index in [0.717, 1.165) is 30.2 Å². The molecule has 0 heterocycles. The van der Waals surface area contributed by atoms with Crippen molar-refractivity contribution in [1.29, 1.82) is 0 Å². The summed E-state index contributed by atoms with van der Waals surface area (Å²) in [5, 5.41) is 15.0. The molecule has 0 aliphatic heterocycles. The number of benzene rings is 1. The van der Waals surface area contributed by atoms with Gasteiger partial charge in [-0.2, -0.15) is 0 Å². The van der Waals surface area contributed by atoms with E-state index in [2.05, 4.69) is 26.4 Å². The first-order chi connectivity index (χ1) is 10.1. The summed E-state index contributed by atoms with van der Waals surface area (Å²) >= 11 is 3.37. The topological polar surface area (TPSA) is 87.7 Å². The summed E-state index contributed by atoms with van der Waals surface area (Å²) in [6.45, 7) is 0. The van der Waals surface area contributed by atoms with E-state index in [0.29, 0.717) is 5.56 Å². The van der Waals surface area contributed by atoms with Crippen LogP contribution in [0.15, 0.2) is 33.9 Å². The first-order valence-corrected chi connectivity index (χ1v) is 7.95. The van der Waals surface area contributed by atoms with Crippen LogP contribution >= 0.6 is 15.9 Å². The molecule has 4 N–H and O–H groups in total. The Balaban J connectivity index is 2.15. The highest BCUT2D eigenvalue weighted by molar-refractivity contribution is 9.10. The predicted molar refractivity (Wildman–Crippen MR) is 85.4 cm³/mol. The molecule has 1 amide bonds. The van der Waals surface area contributed by atoms with Gasteiger partial charge >= 0.3 is 0 Å². The first kappa shape index (κ1) is 15.8. The van der Waals surface area contributed by atoms with Crippen molar-refractivity contribution in [2.45, 2.75) is 38.1 Å². The summed E-state index contributed by atoms with van der Waals surface area (Å²) in [5.41, 5.74) is 6.33. The lowest BCUT2D eigenvalue weighted by atomic mass is 9.83. The number of amides is 1. The van der Waals surface area contributed by atoms with Crippen LogP contribution in [0.25, 0.3) is 0 Å². The van der Waals surface area contributed by atoms with Gasteiger partial charge in [-0.3, -0.25) is 4.79 Å². The predicted octanol–water partition coefficient (Wildman–Crippen LogP) is 2.87. The second-order valence-electron chi connectivity index (χ2n) is 5.35. The standard InChI is InChI=1S/C15H20BrN3O2/c16-12-9-5-4-8-11(12)15(20)18-13(14(17)19-21)10-6-2-1-3-7-10/h4-5,8-10,13,21H,1-3,6-7H2,(H2,17,19)(H,18,20). The van der Waals surface area contributed by atoms with Crippen LogP contribution in [-0.4, -0.2) is 23.0 Å². The molecule has 0 spiro atoms. The molecule has 6 heteroatoms. The Bertz CT molecular complexity index is 527. The van der Waals surface area contributed by atoms with Crippen LogP contribution in [0, 0.1) is 5.92 Å². The molecule has 1 fully saturated rings. The Hall–Kier alpha value is -1.56. The van der Waals surface area contributed by atoms with Crippen molar-refractivity contribution >= 4 is 27.7 Å². The molecular formula is C15H20BrN3O2. The van der Waals surface area contributed by atoms with Gasteiger partial charge in [0, 0.05) is 4.47 Å². The minimum Gasteiger partial charge on any atom is -0.409 e. The van der Waals surface area contributed by atoms with Crippen molar-refractivity contribution in [2.75, 3.05) is 0 Å². The molecule has 1 aromatic rings. The second-order valence-corrected chi connectivity index (χ2v) is 6.21. The highest BCUT2D eigenvalue weighted by Gasteiger charge is 2.29. The number of nitrogens with zero attached hydrogens (tertiary/aromatic N) is 1. The third-order valence-corrected chi connectivity index (χ3v) is 4.65. The van der Waals surface area contributed by atoms with E-state index in [1.807, 2.05) is 12.1 Å². The van der Waals surface area contributed by atoms with Crippen molar-refractivity contribution in [3.05, 3.63) is 34.3 Å². The molecule has 0 bridgehead atoms. The maximum absolute atomic E-state index is 12.4. The summed E-state index contributed by atoms with van der Waals surface area (Å²) in [6, 6.07) is 6.79. The van der Waals surface area contributed by atoms with Crippen LogP contribution in [0.3, 0.4) is 0 Å². The molecular weight excluding hydrogens is 334 g/mol. The Morgan fingerprint density at radius 2 is 2.00 bits per heavy atom. The first-order valence-electron chi connectivity index (χ1n) is 7.16. The van der Waals surface area contributed by atoms with Crippen molar-refractivity contribution in [2.24, 2.45) is 16.8 Å². The fourth-order valence-corrected chi connectivity index (χ4v) is 3.29. The maximum Gasteiger partial charge on any atom is 0.253 e. The fraction of sp³-hybridized carbons (Fsp3) is 0.467. The lowest BCUT2D eigenvalue weighted by molar-refractivity contribution is 0.0929. The molecule has 1 saturated carbocycles. The average Bonchev–Trinajstić information content (AvgIpc) is 2.53. The van der Waals surface area contributed by atoms with Crippen molar-refractivity contribution in [3.8, 4) is 0 Å². The largest absolute Gasteiger partial charge is 0.409 e. The molecule has 5 nitrogen and oxygen atoms in total. The molecule has 2 rings (SSSR count). The smallest absolute Gasteiger partial charge is 0.253 e. The SMILES string of the molecule is N/C(=N\O)C(NC(=O)c1ccccc1Br)C1CCCCC1. The van der Waals surface area contributed by atoms with E-state index in [1.165, 1.54) is 6.42 Å². The van der Waals surface area contributed by atoms with Gasteiger partial charge in [0.25, 0.3) is 5.91 Å². The number of halogens is 1. The number of hydrogen-bond donors (Lipinski definition) is 3. The highest BCUT2D eigenvalue weighted by atomic mass is 79.9. The van der Waals surface area contributed by atoms with E-state index >= 15 is 0 Å². The van der Waals surface area contributed by atoms with E-state index in [-0.39, 0.29) is 17.7 Å². The van der Waals surface area contributed by atoms with Gasteiger partial charge in [-0.15, -0.1) is 0 Å². The van der Waals surface area contributed by atoms with Crippen molar-refractivity contribution in [1.82, 2.24) is 5.32 Å². The van der Waals surface area contributed by atoms with E-state index in [4.69, 9.17) is 10.9 Å². The third-order valence-electron chi connectivity index (χ3n) is 3.96. The van der Waals surface area contributed by atoms with Gasteiger partial charge in [0.05, 0.1) is 11.6 Å². The zero-order valence-corrected chi connectivity index (χ0v) is 13.3.